The molecule has 0 unspecified atom stereocenters. The molecule has 114 valence electrons. The van der Waals surface area contributed by atoms with Crippen molar-refractivity contribution >= 4 is 11.7 Å². The second-order valence-corrected chi connectivity index (χ2v) is 5.19. The molecule has 2 heterocycles. The highest BCUT2D eigenvalue weighted by Gasteiger charge is 2.22. The van der Waals surface area contributed by atoms with Crippen molar-refractivity contribution in [3.63, 3.8) is 0 Å². The summed E-state index contributed by atoms with van der Waals surface area (Å²) in [5.41, 5.74) is 1.94. The maximum Gasteiger partial charge on any atom is 0.322 e. The number of carbonyl (C=O) groups is 1. The summed E-state index contributed by atoms with van der Waals surface area (Å²) >= 11 is 0. The number of aromatic nitrogens is 2. The molecule has 0 radical (unpaired) electrons. The van der Waals surface area contributed by atoms with Gasteiger partial charge in [0.15, 0.2) is 0 Å². The molecule has 7 heteroatoms. The number of halogens is 1. The quantitative estimate of drug-likeness (QED) is 0.868. The van der Waals surface area contributed by atoms with Crippen LogP contribution >= 0.6 is 0 Å². The maximum atomic E-state index is 12.9. The summed E-state index contributed by atoms with van der Waals surface area (Å²) in [6.45, 7) is 0.858. The number of rotatable bonds is 1. The number of anilines is 1. The number of aryl methyl sites for hydroxylation is 1. The Morgan fingerprint density at radius 2 is 2.05 bits per heavy atom. The third-order valence-corrected chi connectivity index (χ3v) is 3.62. The van der Waals surface area contributed by atoms with Crippen LogP contribution in [0.1, 0.15) is 11.3 Å². The number of benzene rings is 1. The summed E-state index contributed by atoms with van der Waals surface area (Å²) in [6.07, 6.45) is 0.598. The molecule has 1 aliphatic rings. The molecule has 0 bridgehead atoms. The van der Waals surface area contributed by atoms with Gasteiger partial charge in [-0.1, -0.05) is 0 Å². The summed E-state index contributed by atoms with van der Waals surface area (Å²) < 4.78 is 14.2. The fourth-order valence-corrected chi connectivity index (χ4v) is 2.40. The lowest BCUT2D eigenvalue weighted by Crippen LogP contribution is -2.40. The van der Waals surface area contributed by atoms with Crippen molar-refractivity contribution < 1.29 is 9.18 Å². The molecule has 2 aromatic rings. The van der Waals surface area contributed by atoms with Crippen LogP contribution in [0.5, 0.6) is 0 Å². The Kier molecular flexibility index (Phi) is 3.62. The van der Waals surface area contributed by atoms with E-state index in [1.165, 1.54) is 35.0 Å². The normalized spacial score (nSPS) is 13.6. The molecular weight excluding hydrogens is 287 g/mol. The van der Waals surface area contributed by atoms with Crippen molar-refractivity contribution in [2.75, 3.05) is 11.9 Å². The van der Waals surface area contributed by atoms with Gasteiger partial charge >= 0.3 is 6.03 Å². The van der Waals surface area contributed by atoms with E-state index in [1.807, 2.05) is 0 Å². The number of hydrogen-bond donors (Lipinski definition) is 1. The van der Waals surface area contributed by atoms with E-state index < -0.39 is 0 Å². The topological polar surface area (TPSA) is 67.2 Å². The Morgan fingerprint density at radius 3 is 2.77 bits per heavy atom. The van der Waals surface area contributed by atoms with Crippen molar-refractivity contribution in [1.29, 1.82) is 0 Å². The predicted molar refractivity (Wildman–Crippen MR) is 79.0 cm³/mol. The Hall–Kier alpha value is -2.70. The molecule has 3 rings (SSSR count). The number of nitrogens with one attached hydrogen (secondary N) is 1. The van der Waals surface area contributed by atoms with Gasteiger partial charge in [-0.25, -0.2) is 13.9 Å². The molecule has 0 saturated carbocycles. The number of amides is 2. The van der Waals surface area contributed by atoms with Crippen LogP contribution in [0.4, 0.5) is 14.9 Å². The highest BCUT2D eigenvalue weighted by Crippen LogP contribution is 2.17. The van der Waals surface area contributed by atoms with Gasteiger partial charge in [-0.3, -0.25) is 4.79 Å². The van der Waals surface area contributed by atoms with Crippen molar-refractivity contribution in [3.8, 4) is 0 Å². The van der Waals surface area contributed by atoms with Crippen LogP contribution in [-0.2, 0) is 20.0 Å². The monoisotopic (exact) mass is 302 g/mol. The number of hydrogen-bond acceptors (Lipinski definition) is 3. The van der Waals surface area contributed by atoms with Gasteiger partial charge in [0.25, 0.3) is 5.56 Å². The van der Waals surface area contributed by atoms with E-state index in [4.69, 9.17) is 0 Å². The first-order valence-electron chi connectivity index (χ1n) is 6.90. The zero-order valence-corrected chi connectivity index (χ0v) is 12.0. The Labute approximate surface area is 126 Å². The van der Waals surface area contributed by atoms with Gasteiger partial charge in [0, 0.05) is 43.9 Å². The third kappa shape index (κ3) is 2.83. The number of fused-ring (bicyclic) bond motifs is 1. The Morgan fingerprint density at radius 1 is 1.32 bits per heavy atom. The molecule has 22 heavy (non-hydrogen) atoms. The summed E-state index contributed by atoms with van der Waals surface area (Å²) in [5.74, 6) is -0.355. The largest absolute Gasteiger partial charge is 0.322 e. The molecule has 0 spiro atoms. The van der Waals surface area contributed by atoms with Crippen LogP contribution in [-0.4, -0.2) is 27.3 Å². The maximum absolute atomic E-state index is 12.9. The molecule has 1 aliphatic heterocycles. The van der Waals surface area contributed by atoms with Gasteiger partial charge in [0.2, 0.25) is 0 Å². The highest BCUT2D eigenvalue weighted by atomic mass is 19.1. The first kappa shape index (κ1) is 14.2. The zero-order valence-electron chi connectivity index (χ0n) is 12.0. The van der Waals surface area contributed by atoms with E-state index in [0.29, 0.717) is 25.2 Å². The molecule has 0 aliphatic carbocycles. The van der Waals surface area contributed by atoms with Gasteiger partial charge in [-0.05, 0) is 24.3 Å². The second-order valence-electron chi connectivity index (χ2n) is 5.19. The lowest BCUT2D eigenvalue weighted by Gasteiger charge is -2.28. The fraction of sp³-hybridized carbons (Fsp3) is 0.267. The highest BCUT2D eigenvalue weighted by molar-refractivity contribution is 5.89. The molecule has 0 saturated heterocycles. The van der Waals surface area contributed by atoms with E-state index in [1.54, 1.807) is 11.9 Å². The molecule has 1 aromatic carbocycles. The van der Waals surface area contributed by atoms with E-state index in [2.05, 4.69) is 10.4 Å². The standard InChI is InChI=1S/C15H15FN4O2/c1-19-14(21)8-10-9-20(7-6-13(10)18-19)15(22)17-12-4-2-11(16)3-5-12/h2-5,8H,6-7,9H2,1H3,(H,17,22). The van der Waals surface area contributed by atoms with E-state index in [0.717, 1.165) is 11.3 Å². The van der Waals surface area contributed by atoms with Crippen molar-refractivity contribution in [2.45, 2.75) is 13.0 Å². The smallest absolute Gasteiger partial charge is 0.320 e. The second kappa shape index (κ2) is 5.59. The summed E-state index contributed by atoms with van der Waals surface area (Å²) in [7, 11) is 1.61. The van der Waals surface area contributed by atoms with Gasteiger partial charge in [0.1, 0.15) is 5.82 Å². The van der Waals surface area contributed by atoms with E-state index >= 15 is 0 Å². The Balaban J connectivity index is 1.73. The summed E-state index contributed by atoms with van der Waals surface area (Å²) in [4.78, 5) is 25.5. The van der Waals surface area contributed by atoms with Crippen molar-refractivity contribution in [3.05, 3.63) is 57.8 Å². The average molecular weight is 302 g/mol. The number of nitrogens with zero attached hydrogens (tertiary/aromatic N) is 3. The van der Waals surface area contributed by atoms with Crippen molar-refractivity contribution in [2.24, 2.45) is 7.05 Å². The van der Waals surface area contributed by atoms with Crippen LogP contribution < -0.4 is 10.9 Å². The van der Waals surface area contributed by atoms with E-state index in [-0.39, 0.29) is 17.4 Å². The zero-order chi connectivity index (χ0) is 15.7. The first-order chi connectivity index (χ1) is 10.5. The molecule has 6 nitrogen and oxygen atoms in total. The molecular formula is C15H15FN4O2. The molecule has 0 fully saturated rings. The minimum Gasteiger partial charge on any atom is -0.320 e. The fourth-order valence-electron chi connectivity index (χ4n) is 2.40. The van der Waals surface area contributed by atoms with Crippen LogP contribution in [0, 0.1) is 5.82 Å². The Bertz CT molecular complexity index is 770. The molecule has 1 aromatic heterocycles. The van der Waals surface area contributed by atoms with Gasteiger partial charge in [-0.2, -0.15) is 5.10 Å². The lowest BCUT2D eigenvalue weighted by atomic mass is 10.1. The van der Waals surface area contributed by atoms with Crippen LogP contribution in [0.2, 0.25) is 0 Å². The first-order valence-corrected chi connectivity index (χ1v) is 6.90. The van der Waals surface area contributed by atoms with Gasteiger partial charge < -0.3 is 10.2 Å². The number of urea groups is 1. The third-order valence-electron chi connectivity index (χ3n) is 3.62. The van der Waals surface area contributed by atoms with Crippen LogP contribution in [0.25, 0.3) is 0 Å². The van der Waals surface area contributed by atoms with Crippen LogP contribution in [0.15, 0.2) is 35.1 Å². The van der Waals surface area contributed by atoms with Gasteiger partial charge in [0.05, 0.1) is 5.69 Å². The number of carbonyl (C=O) groups excluding carboxylic acids is 1. The minimum absolute atomic E-state index is 0.195. The minimum atomic E-state index is -0.355. The average Bonchev–Trinajstić information content (AvgIpc) is 2.50. The molecule has 2 amide bonds. The predicted octanol–water partition coefficient (Wildman–Crippen LogP) is 1.51. The van der Waals surface area contributed by atoms with Crippen LogP contribution in [0.3, 0.4) is 0 Å². The summed E-state index contributed by atoms with van der Waals surface area (Å²) in [6, 6.07) is 6.81. The molecule has 0 atom stereocenters. The van der Waals surface area contributed by atoms with Gasteiger partial charge in [-0.15, -0.1) is 0 Å². The lowest BCUT2D eigenvalue weighted by molar-refractivity contribution is 0.205. The van der Waals surface area contributed by atoms with Crippen molar-refractivity contribution in [1.82, 2.24) is 14.7 Å². The SMILES string of the molecule is Cn1nc2c(cc1=O)CN(C(=O)Nc1ccc(F)cc1)CC2. The summed E-state index contributed by atoms with van der Waals surface area (Å²) in [5, 5.41) is 6.92. The van der Waals surface area contributed by atoms with E-state index in [9.17, 15) is 14.0 Å². The molecule has 1 N–H and O–H groups in total.